The van der Waals surface area contributed by atoms with E-state index in [9.17, 15) is 4.79 Å². The van der Waals surface area contributed by atoms with Crippen molar-refractivity contribution in [2.24, 2.45) is 0 Å². The molecule has 0 aromatic rings. The molecular weight excluding hydrogens is 280 g/mol. The first kappa shape index (κ1) is 19.2. The normalized spacial score (nSPS) is 22.4. The molecule has 0 aromatic heterocycles. The zero-order valence-electron chi connectivity index (χ0n) is 15.0. The topological polar surface area (TPSA) is 50.8 Å². The van der Waals surface area contributed by atoms with Crippen LogP contribution < -0.4 is 5.32 Å². The van der Waals surface area contributed by atoms with Gasteiger partial charge in [-0.3, -0.25) is 0 Å². The van der Waals surface area contributed by atoms with Crippen LogP contribution in [0.5, 0.6) is 0 Å². The zero-order valence-corrected chi connectivity index (χ0v) is 15.0. The minimum atomic E-state index is -0.434. The van der Waals surface area contributed by atoms with Crippen LogP contribution in [0.4, 0.5) is 4.79 Å². The van der Waals surface area contributed by atoms with Gasteiger partial charge in [-0.25, -0.2) is 4.79 Å². The van der Waals surface area contributed by atoms with Gasteiger partial charge in [0.25, 0.3) is 0 Å². The maximum atomic E-state index is 12.0. The molecule has 2 atom stereocenters. The minimum absolute atomic E-state index is 0.220. The lowest BCUT2D eigenvalue weighted by Crippen LogP contribution is -2.44. The summed E-state index contributed by atoms with van der Waals surface area (Å²) < 4.78 is 11.0. The van der Waals surface area contributed by atoms with Crippen LogP contribution in [0.25, 0.3) is 0 Å². The molecular formula is C17H34N2O3. The molecule has 0 spiro atoms. The molecule has 1 amide bonds. The van der Waals surface area contributed by atoms with Gasteiger partial charge in [0.05, 0.1) is 6.10 Å². The molecule has 0 heterocycles. The lowest BCUT2D eigenvalue weighted by atomic mass is 9.92. The summed E-state index contributed by atoms with van der Waals surface area (Å²) >= 11 is 0. The highest BCUT2D eigenvalue weighted by molar-refractivity contribution is 5.68. The Kier molecular flexibility index (Phi) is 8.18. The number of nitrogens with zero attached hydrogens (tertiary/aromatic N) is 1. The molecule has 22 heavy (non-hydrogen) atoms. The quantitative estimate of drug-likeness (QED) is 0.733. The smallest absolute Gasteiger partial charge is 0.410 e. The van der Waals surface area contributed by atoms with E-state index in [1.165, 1.54) is 19.3 Å². The van der Waals surface area contributed by atoms with Gasteiger partial charge in [0.15, 0.2) is 0 Å². The fourth-order valence-electron chi connectivity index (χ4n) is 2.87. The van der Waals surface area contributed by atoms with Crippen LogP contribution in [0, 0.1) is 0 Å². The highest BCUT2D eigenvalue weighted by Crippen LogP contribution is 2.20. The number of amides is 1. The van der Waals surface area contributed by atoms with Crippen molar-refractivity contribution in [2.45, 2.75) is 77.5 Å². The summed E-state index contributed by atoms with van der Waals surface area (Å²) in [5.74, 6) is 0. The largest absolute Gasteiger partial charge is 0.444 e. The molecule has 0 aromatic carbocycles. The second-order valence-corrected chi connectivity index (χ2v) is 7.03. The summed E-state index contributed by atoms with van der Waals surface area (Å²) in [5.41, 5.74) is -0.434. The second-order valence-electron chi connectivity index (χ2n) is 7.03. The van der Waals surface area contributed by atoms with Gasteiger partial charge in [-0.05, 0) is 53.5 Å². The molecule has 0 aliphatic heterocycles. The van der Waals surface area contributed by atoms with Crippen LogP contribution in [-0.4, -0.2) is 55.5 Å². The van der Waals surface area contributed by atoms with Gasteiger partial charge in [0.2, 0.25) is 0 Å². The maximum Gasteiger partial charge on any atom is 0.410 e. The Morgan fingerprint density at radius 2 is 1.95 bits per heavy atom. The van der Waals surface area contributed by atoms with Crippen LogP contribution in [0.15, 0.2) is 0 Å². The lowest BCUT2D eigenvalue weighted by molar-refractivity contribution is 0.0250. The van der Waals surface area contributed by atoms with Gasteiger partial charge in [0.1, 0.15) is 5.60 Å². The average molecular weight is 314 g/mol. The van der Waals surface area contributed by atoms with Crippen molar-refractivity contribution >= 4 is 6.09 Å². The van der Waals surface area contributed by atoms with Crippen LogP contribution in [-0.2, 0) is 9.47 Å². The van der Waals surface area contributed by atoms with Crippen molar-refractivity contribution in [1.82, 2.24) is 10.2 Å². The van der Waals surface area contributed by atoms with Gasteiger partial charge >= 0.3 is 6.09 Å². The molecule has 1 aliphatic rings. The van der Waals surface area contributed by atoms with E-state index >= 15 is 0 Å². The minimum Gasteiger partial charge on any atom is -0.444 e. The summed E-state index contributed by atoms with van der Waals surface area (Å²) in [6.07, 6.45) is 5.91. The van der Waals surface area contributed by atoms with E-state index in [0.717, 1.165) is 25.9 Å². The number of hydrogen-bond donors (Lipinski definition) is 1. The molecule has 0 radical (unpaired) electrons. The Bertz CT molecular complexity index is 328. The number of nitrogens with one attached hydrogen (secondary N) is 1. The van der Waals surface area contributed by atoms with E-state index < -0.39 is 5.60 Å². The first-order valence-electron chi connectivity index (χ1n) is 8.61. The summed E-state index contributed by atoms with van der Waals surface area (Å²) in [7, 11) is 1.80. The van der Waals surface area contributed by atoms with Crippen LogP contribution in [0.1, 0.15) is 59.8 Å². The number of carbonyl (C=O) groups is 1. The predicted molar refractivity (Wildman–Crippen MR) is 89.2 cm³/mol. The molecule has 130 valence electrons. The highest BCUT2D eigenvalue weighted by atomic mass is 16.6. The van der Waals surface area contributed by atoms with E-state index in [4.69, 9.17) is 9.47 Å². The van der Waals surface area contributed by atoms with Gasteiger partial charge < -0.3 is 19.7 Å². The second kappa shape index (κ2) is 9.36. The van der Waals surface area contributed by atoms with Crippen molar-refractivity contribution in [2.75, 3.05) is 26.7 Å². The predicted octanol–water partition coefficient (Wildman–Crippen LogP) is 3.18. The molecule has 1 saturated carbocycles. The Balaban J connectivity index is 2.27. The van der Waals surface area contributed by atoms with Crippen LogP contribution in [0.2, 0.25) is 0 Å². The first-order valence-corrected chi connectivity index (χ1v) is 8.61. The molecule has 0 saturated heterocycles. The number of rotatable bonds is 7. The van der Waals surface area contributed by atoms with Gasteiger partial charge in [-0.1, -0.05) is 12.8 Å². The number of methoxy groups -OCH3 is 1. The third kappa shape index (κ3) is 6.97. The SMILES string of the molecule is CCN(CCCNC1CCCCC1OC)C(=O)OC(C)(C)C. The van der Waals surface area contributed by atoms with E-state index in [1.54, 1.807) is 12.0 Å². The number of ether oxygens (including phenoxy) is 2. The van der Waals surface area contributed by atoms with Gasteiger partial charge in [-0.2, -0.15) is 0 Å². The lowest BCUT2D eigenvalue weighted by Gasteiger charge is -2.31. The third-order valence-corrected chi connectivity index (χ3v) is 4.05. The van der Waals surface area contributed by atoms with Crippen molar-refractivity contribution in [3.8, 4) is 0 Å². The molecule has 5 nitrogen and oxygen atoms in total. The number of hydrogen-bond acceptors (Lipinski definition) is 4. The van der Waals surface area contributed by atoms with Crippen molar-refractivity contribution < 1.29 is 14.3 Å². The van der Waals surface area contributed by atoms with Gasteiger partial charge in [-0.15, -0.1) is 0 Å². The Hall–Kier alpha value is -0.810. The van der Waals surface area contributed by atoms with E-state index in [1.807, 2.05) is 27.7 Å². The maximum absolute atomic E-state index is 12.0. The molecule has 2 unspecified atom stereocenters. The third-order valence-electron chi connectivity index (χ3n) is 4.05. The Labute approximate surface area is 135 Å². The van der Waals surface area contributed by atoms with Gasteiger partial charge in [0, 0.05) is 26.2 Å². The summed E-state index contributed by atoms with van der Waals surface area (Å²) in [6, 6.07) is 0.454. The molecule has 1 fully saturated rings. The molecule has 1 aliphatic carbocycles. The average Bonchev–Trinajstić information content (AvgIpc) is 2.45. The first-order chi connectivity index (χ1) is 10.4. The van der Waals surface area contributed by atoms with Crippen LogP contribution in [0.3, 0.4) is 0 Å². The van der Waals surface area contributed by atoms with Crippen LogP contribution >= 0.6 is 0 Å². The van der Waals surface area contributed by atoms with E-state index in [-0.39, 0.29) is 6.09 Å². The van der Waals surface area contributed by atoms with Crippen molar-refractivity contribution in [1.29, 1.82) is 0 Å². The van der Waals surface area contributed by atoms with E-state index in [2.05, 4.69) is 5.32 Å². The molecule has 1 N–H and O–H groups in total. The summed E-state index contributed by atoms with van der Waals surface area (Å²) in [6.45, 7) is 9.99. The molecule has 0 bridgehead atoms. The zero-order chi connectivity index (χ0) is 16.6. The Morgan fingerprint density at radius 3 is 2.55 bits per heavy atom. The molecule has 5 heteroatoms. The summed E-state index contributed by atoms with van der Waals surface area (Å²) in [4.78, 5) is 13.8. The van der Waals surface area contributed by atoms with E-state index in [0.29, 0.717) is 18.7 Å². The van der Waals surface area contributed by atoms with Crippen molar-refractivity contribution in [3.63, 3.8) is 0 Å². The van der Waals surface area contributed by atoms with Crippen molar-refractivity contribution in [3.05, 3.63) is 0 Å². The monoisotopic (exact) mass is 314 g/mol. The highest BCUT2D eigenvalue weighted by Gasteiger charge is 2.24. The molecule has 1 rings (SSSR count). The Morgan fingerprint density at radius 1 is 1.27 bits per heavy atom. The number of carbonyl (C=O) groups excluding carboxylic acids is 1. The fourth-order valence-corrected chi connectivity index (χ4v) is 2.87. The summed E-state index contributed by atoms with van der Waals surface area (Å²) in [5, 5.41) is 3.59. The fraction of sp³-hybridized carbons (Fsp3) is 0.941. The standard InChI is InChI=1S/C17H34N2O3/c1-6-19(16(20)22-17(2,3)4)13-9-12-18-14-10-7-8-11-15(14)21-5/h14-15,18H,6-13H2,1-5H3.